The maximum atomic E-state index is 13.4. The molecule has 4 nitrogen and oxygen atoms in total. The lowest BCUT2D eigenvalue weighted by molar-refractivity contribution is -0.143. The van der Waals surface area contributed by atoms with Gasteiger partial charge < -0.3 is 4.74 Å². The minimum absolute atomic E-state index is 0.0155. The smallest absolute Gasteiger partial charge is 0.416 e. The summed E-state index contributed by atoms with van der Waals surface area (Å²) in [6, 6.07) is 8.77. The van der Waals surface area contributed by atoms with Crippen LogP contribution in [0.25, 0.3) is 10.9 Å². The minimum Gasteiger partial charge on any atom is -0.450 e. The van der Waals surface area contributed by atoms with Gasteiger partial charge in [-0.25, -0.2) is 9.78 Å². The Kier molecular flexibility index (Phi) is 8.99. The van der Waals surface area contributed by atoms with E-state index in [1.165, 1.54) is 11.8 Å². The van der Waals surface area contributed by atoms with E-state index in [0.717, 1.165) is 33.5 Å². The molecule has 3 aromatic rings. The molecule has 37 heavy (non-hydrogen) atoms. The number of thioether (sulfide) groups is 1. The van der Waals surface area contributed by atoms with Crippen molar-refractivity contribution in [2.45, 2.75) is 57.7 Å². The number of aryl methyl sites for hydroxylation is 1. The number of para-hydroxylation sites is 1. The molecule has 0 bridgehead atoms. The van der Waals surface area contributed by atoms with Crippen molar-refractivity contribution in [3.63, 3.8) is 0 Å². The first kappa shape index (κ1) is 28.6. The molecule has 0 aliphatic rings. The topological polar surface area (TPSA) is 42.4 Å². The van der Waals surface area contributed by atoms with Gasteiger partial charge in [0.15, 0.2) is 0 Å². The summed E-state index contributed by atoms with van der Waals surface area (Å²) in [5.41, 5.74) is -0.852. The van der Waals surface area contributed by atoms with Gasteiger partial charge in [0.25, 0.3) is 0 Å². The highest BCUT2D eigenvalue weighted by molar-refractivity contribution is 7.99. The molecule has 0 aliphatic heterocycles. The van der Waals surface area contributed by atoms with Gasteiger partial charge in [-0.15, -0.1) is 11.8 Å². The van der Waals surface area contributed by atoms with Gasteiger partial charge in [-0.3, -0.25) is 4.90 Å². The molecule has 0 spiro atoms. The largest absolute Gasteiger partial charge is 0.450 e. The average Bonchev–Trinajstić information content (AvgIpc) is 2.81. The van der Waals surface area contributed by atoms with Gasteiger partial charge in [0.2, 0.25) is 0 Å². The summed E-state index contributed by atoms with van der Waals surface area (Å²) in [4.78, 5) is 18.6. The van der Waals surface area contributed by atoms with E-state index in [9.17, 15) is 31.1 Å². The van der Waals surface area contributed by atoms with Crippen LogP contribution in [0.1, 0.15) is 48.1 Å². The van der Waals surface area contributed by atoms with E-state index in [1.807, 2.05) is 38.1 Å². The third kappa shape index (κ3) is 7.30. The number of pyridine rings is 1. The van der Waals surface area contributed by atoms with Crippen molar-refractivity contribution in [2.24, 2.45) is 0 Å². The second-order valence-corrected chi connectivity index (χ2v) is 9.50. The summed E-state index contributed by atoms with van der Waals surface area (Å²) in [6.45, 7) is 4.83. The molecule has 0 saturated heterocycles. The van der Waals surface area contributed by atoms with E-state index in [0.29, 0.717) is 22.7 Å². The maximum absolute atomic E-state index is 13.4. The molecule has 0 unspecified atom stereocenters. The van der Waals surface area contributed by atoms with E-state index in [-0.39, 0.29) is 24.8 Å². The molecular weight excluding hydrogens is 518 g/mol. The van der Waals surface area contributed by atoms with Gasteiger partial charge in [0.05, 0.1) is 29.8 Å². The van der Waals surface area contributed by atoms with E-state index >= 15 is 0 Å². The van der Waals surface area contributed by atoms with E-state index in [1.54, 1.807) is 6.92 Å². The summed E-state index contributed by atoms with van der Waals surface area (Å²) < 4.78 is 85.3. The number of nitrogens with zero attached hydrogens (tertiary/aromatic N) is 2. The van der Waals surface area contributed by atoms with Crippen LogP contribution in [0.2, 0.25) is 0 Å². The predicted octanol–water partition coefficient (Wildman–Crippen LogP) is 8.24. The zero-order chi connectivity index (χ0) is 27.4. The van der Waals surface area contributed by atoms with E-state index in [2.05, 4.69) is 0 Å². The molecule has 1 aromatic heterocycles. The molecule has 3 rings (SSSR count). The molecular formula is C26H26F6N2O2S. The number of amides is 1. The molecule has 0 saturated carbocycles. The Morgan fingerprint density at radius 3 is 2.19 bits per heavy atom. The van der Waals surface area contributed by atoms with Crippen LogP contribution < -0.4 is 0 Å². The molecule has 0 fully saturated rings. The van der Waals surface area contributed by atoms with Crippen molar-refractivity contribution in [1.82, 2.24) is 9.88 Å². The van der Waals surface area contributed by atoms with Crippen LogP contribution in [-0.2, 0) is 30.2 Å². The summed E-state index contributed by atoms with van der Waals surface area (Å²) in [6.07, 6.45) is -9.99. The van der Waals surface area contributed by atoms with E-state index in [4.69, 9.17) is 9.72 Å². The predicted molar refractivity (Wildman–Crippen MR) is 130 cm³/mol. The zero-order valence-electron chi connectivity index (χ0n) is 20.5. The summed E-state index contributed by atoms with van der Waals surface area (Å²) >= 11 is 1.47. The van der Waals surface area contributed by atoms with Crippen molar-refractivity contribution in [2.75, 3.05) is 12.4 Å². The number of carbonyl (C=O) groups excluding carboxylic acids is 1. The molecule has 200 valence electrons. The Balaban J connectivity index is 2.07. The number of alkyl halides is 6. The Labute approximate surface area is 215 Å². The number of ether oxygens (including phenoxy) is 1. The fourth-order valence-electron chi connectivity index (χ4n) is 3.75. The Morgan fingerprint density at radius 1 is 0.973 bits per heavy atom. The third-order valence-electron chi connectivity index (χ3n) is 5.44. The average molecular weight is 545 g/mol. The summed E-state index contributed by atoms with van der Waals surface area (Å²) in [5, 5.41) is 1.44. The minimum atomic E-state index is -4.99. The van der Waals surface area contributed by atoms with Crippen LogP contribution in [0, 0.1) is 6.92 Å². The van der Waals surface area contributed by atoms with Gasteiger partial charge in [0, 0.05) is 17.5 Å². The normalized spacial score (nSPS) is 12.1. The molecule has 11 heteroatoms. The molecule has 0 N–H and O–H groups in total. The maximum Gasteiger partial charge on any atom is 0.416 e. The monoisotopic (exact) mass is 544 g/mol. The number of aromatic nitrogens is 1. The number of benzene rings is 2. The second-order valence-electron chi connectivity index (χ2n) is 8.42. The third-order valence-corrected chi connectivity index (χ3v) is 6.68. The highest BCUT2D eigenvalue weighted by Crippen LogP contribution is 2.37. The lowest BCUT2D eigenvalue weighted by Gasteiger charge is -2.24. The van der Waals surface area contributed by atoms with Crippen molar-refractivity contribution >= 4 is 28.8 Å². The molecule has 0 aliphatic carbocycles. The molecule has 1 heterocycles. The van der Waals surface area contributed by atoms with Crippen LogP contribution in [-0.4, -0.2) is 28.3 Å². The Bertz CT molecular complexity index is 1230. The van der Waals surface area contributed by atoms with Gasteiger partial charge in [-0.05, 0) is 61.4 Å². The van der Waals surface area contributed by atoms with Gasteiger partial charge in [-0.2, -0.15) is 26.3 Å². The van der Waals surface area contributed by atoms with Crippen molar-refractivity contribution in [1.29, 1.82) is 0 Å². The van der Waals surface area contributed by atoms with Crippen molar-refractivity contribution < 1.29 is 35.9 Å². The lowest BCUT2D eigenvalue weighted by atomic mass is 10.0. The highest BCUT2D eigenvalue weighted by atomic mass is 32.2. The highest BCUT2D eigenvalue weighted by Gasteiger charge is 2.37. The van der Waals surface area contributed by atoms with Gasteiger partial charge in [-0.1, -0.05) is 25.1 Å². The first-order chi connectivity index (χ1) is 17.3. The van der Waals surface area contributed by atoms with Gasteiger partial charge >= 0.3 is 18.4 Å². The first-order valence-corrected chi connectivity index (χ1v) is 12.5. The molecule has 0 atom stereocenters. The second kappa shape index (κ2) is 11.6. The number of hydrogen-bond donors (Lipinski definition) is 0. The lowest BCUT2D eigenvalue weighted by Crippen LogP contribution is -2.31. The molecule has 0 radical (unpaired) electrons. The number of halogens is 6. The van der Waals surface area contributed by atoms with Crippen molar-refractivity contribution in [3.8, 4) is 0 Å². The van der Waals surface area contributed by atoms with E-state index < -0.39 is 36.1 Å². The SMILES string of the molecule is CCCSc1nc2c(C)cccc2cc1CN(Cc1cc(C(F)(F)F)cc(C(F)(F)F)c1)C(=O)OCC. The summed E-state index contributed by atoms with van der Waals surface area (Å²) in [5.74, 6) is 0.735. The zero-order valence-corrected chi connectivity index (χ0v) is 21.3. The number of fused-ring (bicyclic) bond motifs is 1. The Hall–Kier alpha value is -2.95. The van der Waals surface area contributed by atoms with Crippen molar-refractivity contribution in [3.05, 3.63) is 70.3 Å². The molecule has 1 amide bonds. The quantitative estimate of drug-likeness (QED) is 0.212. The van der Waals surface area contributed by atoms with Crippen LogP contribution in [0.4, 0.5) is 31.1 Å². The Morgan fingerprint density at radius 2 is 1.62 bits per heavy atom. The number of hydrogen-bond acceptors (Lipinski definition) is 4. The van der Waals surface area contributed by atoms with Crippen LogP contribution in [0.15, 0.2) is 47.5 Å². The molecule has 2 aromatic carbocycles. The fourth-order valence-corrected chi connectivity index (χ4v) is 4.61. The standard InChI is InChI=1S/C26H26F6N2O2S/c1-4-9-37-23-19(12-18-8-6-7-16(3)22(18)33-23)15-34(24(35)36-5-2)14-17-10-20(25(27,28)29)13-21(11-17)26(30,31)32/h6-8,10-13H,4-5,9,14-15H2,1-3H3. The van der Waals surface area contributed by atoms with Crippen LogP contribution in [0.5, 0.6) is 0 Å². The fraction of sp³-hybridized carbons (Fsp3) is 0.385. The first-order valence-electron chi connectivity index (χ1n) is 11.6. The number of rotatable bonds is 8. The summed E-state index contributed by atoms with van der Waals surface area (Å²) in [7, 11) is 0. The van der Waals surface area contributed by atoms with Gasteiger partial charge in [0.1, 0.15) is 5.03 Å². The van der Waals surface area contributed by atoms with Crippen LogP contribution >= 0.6 is 11.8 Å². The van der Waals surface area contributed by atoms with Crippen LogP contribution in [0.3, 0.4) is 0 Å². The number of carbonyl (C=O) groups is 1.